The number of benzene rings is 2. The van der Waals surface area contributed by atoms with Crippen molar-refractivity contribution in [2.45, 2.75) is 6.92 Å². The molecule has 6 heteroatoms. The van der Waals surface area contributed by atoms with Gasteiger partial charge in [0.25, 0.3) is 0 Å². The Morgan fingerprint density at radius 3 is 2.48 bits per heavy atom. The van der Waals surface area contributed by atoms with Gasteiger partial charge >= 0.3 is 6.03 Å². The van der Waals surface area contributed by atoms with Crippen molar-refractivity contribution >= 4 is 34.7 Å². The maximum atomic E-state index is 12.2. The zero-order valence-corrected chi connectivity index (χ0v) is 15.3. The van der Waals surface area contributed by atoms with E-state index in [4.69, 9.17) is 11.6 Å². The van der Waals surface area contributed by atoms with Crippen molar-refractivity contribution in [1.29, 1.82) is 0 Å². The lowest BCUT2D eigenvalue weighted by Gasteiger charge is -2.34. The van der Waals surface area contributed by atoms with E-state index in [1.165, 1.54) is 5.69 Å². The van der Waals surface area contributed by atoms with E-state index in [0.717, 1.165) is 37.4 Å². The molecule has 1 saturated heterocycles. The van der Waals surface area contributed by atoms with Crippen LogP contribution in [0.1, 0.15) is 5.56 Å². The Kier molecular flexibility index (Phi) is 5.46. The summed E-state index contributed by atoms with van der Waals surface area (Å²) in [6, 6.07) is 12.9. The number of amides is 2. The molecule has 0 unspecified atom stereocenters. The number of likely N-dealkylation sites (N-methyl/N-ethyl adjacent to an activating group) is 1. The van der Waals surface area contributed by atoms with Crippen LogP contribution in [0.15, 0.2) is 42.5 Å². The summed E-state index contributed by atoms with van der Waals surface area (Å²) in [4.78, 5) is 16.9. The molecule has 1 aliphatic rings. The third kappa shape index (κ3) is 4.65. The van der Waals surface area contributed by atoms with Gasteiger partial charge in [-0.25, -0.2) is 4.79 Å². The quantitative estimate of drug-likeness (QED) is 0.870. The molecule has 1 fully saturated rings. The number of piperazine rings is 1. The molecule has 0 saturated carbocycles. The molecule has 25 heavy (non-hydrogen) atoms. The lowest BCUT2D eigenvalue weighted by molar-refractivity contribution is 0.262. The second-order valence-corrected chi connectivity index (χ2v) is 6.82. The van der Waals surface area contributed by atoms with Gasteiger partial charge in [0, 0.05) is 48.3 Å². The van der Waals surface area contributed by atoms with Crippen molar-refractivity contribution < 1.29 is 4.79 Å². The van der Waals surface area contributed by atoms with E-state index in [0.29, 0.717) is 10.7 Å². The van der Waals surface area contributed by atoms with Gasteiger partial charge in [-0.15, -0.1) is 0 Å². The average Bonchev–Trinajstić information content (AvgIpc) is 2.57. The van der Waals surface area contributed by atoms with Crippen LogP contribution < -0.4 is 15.5 Å². The maximum absolute atomic E-state index is 12.2. The van der Waals surface area contributed by atoms with Gasteiger partial charge in [0.15, 0.2) is 0 Å². The fraction of sp³-hybridized carbons (Fsp3) is 0.316. The number of urea groups is 1. The largest absolute Gasteiger partial charge is 0.369 e. The average molecular weight is 359 g/mol. The van der Waals surface area contributed by atoms with Crippen LogP contribution >= 0.6 is 11.6 Å². The zero-order valence-electron chi connectivity index (χ0n) is 14.6. The first-order chi connectivity index (χ1) is 12.0. The Bertz CT molecular complexity index is 757. The lowest BCUT2D eigenvalue weighted by atomic mass is 10.1. The maximum Gasteiger partial charge on any atom is 0.323 e. The van der Waals surface area contributed by atoms with E-state index in [9.17, 15) is 4.79 Å². The number of hydrogen-bond acceptors (Lipinski definition) is 3. The minimum absolute atomic E-state index is 0.280. The highest BCUT2D eigenvalue weighted by molar-refractivity contribution is 6.30. The lowest BCUT2D eigenvalue weighted by Crippen LogP contribution is -2.44. The minimum Gasteiger partial charge on any atom is -0.369 e. The van der Waals surface area contributed by atoms with E-state index in [1.807, 2.05) is 13.0 Å². The zero-order chi connectivity index (χ0) is 17.8. The predicted octanol–water partition coefficient (Wildman–Crippen LogP) is 4.04. The normalized spacial score (nSPS) is 15.1. The summed E-state index contributed by atoms with van der Waals surface area (Å²) >= 11 is 5.93. The van der Waals surface area contributed by atoms with Gasteiger partial charge in [-0.05, 0) is 55.9 Å². The number of nitrogens with one attached hydrogen (secondary N) is 2. The molecule has 1 heterocycles. The fourth-order valence-electron chi connectivity index (χ4n) is 2.90. The summed E-state index contributed by atoms with van der Waals surface area (Å²) in [5.74, 6) is 0. The van der Waals surface area contributed by atoms with Crippen molar-refractivity contribution in [3.63, 3.8) is 0 Å². The van der Waals surface area contributed by atoms with E-state index < -0.39 is 0 Å². The van der Waals surface area contributed by atoms with Gasteiger partial charge in [0.05, 0.1) is 0 Å². The molecular formula is C19H23ClN4O. The van der Waals surface area contributed by atoms with Gasteiger partial charge in [0.1, 0.15) is 0 Å². The molecule has 2 amide bonds. The van der Waals surface area contributed by atoms with Crippen LogP contribution in [-0.4, -0.2) is 44.2 Å². The second-order valence-electron chi connectivity index (χ2n) is 6.38. The van der Waals surface area contributed by atoms with E-state index in [1.54, 1.807) is 24.3 Å². The standard InChI is InChI=1S/C19H23ClN4O/c1-14-12-17(24-10-8-23(2)9-11-24)6-7-18(14)22-19(25)21-16-5-3-4-15(20)13-16/h3-7,12-13H,8-11H2,1-2H3,(H2,21,22,25). The van der Waals surface area contributed by atoms with Crippen LogP contribution in [0.5, 0.6) is 0 Å². The van der Waals surface area contributed by atoms with Crippen LogP contribution in [0, 0.1) is 6.92 Å². The molecule has 0 radical (unpaired) electrons. The van der Waals surface area contributed by atoms with Crippen molar-refractivity contribution in [3.05, 3.63) is 53.1 Å². The first-order valence-electron chi connectivity index (χ1n) is 8.39. The highest BCUT2D eigenvalue weighted by atomic mass is 35.5. The molecule has 0 aliphatic carbocycles. The Hall–Kier alpha value is -2.24. The minimum atomic E-state index is -0.280. The predicted molar refractivity (Wildman–Crippen MR) is 105 cm³/mol. The van der Waals surface area contributed by atoms with E-state index >= 15 is 0 Å². The molecule has 1 aliphatic heterocycles. The number of nitrogens with zero attached hydrogens (tertiary/aromatic N) is 2. The number of hydrogen-bond donors (Lipinski definition) is 2. The molecule has 0 spiro atoms. The molecular weight excluding hydrogens is 336 g/mol. The van der Waals surface area contributed by atoms with Crippen molar-refractivity contribution in [2.75, 3.05) is 48.8 Å². The van der Waals surface area contributed by atoms with E-state index in [2.05, 4.69) is 39.6 Å². The van der Waals surface area contributed by atoms with Gasteiger partial charge in [0.2, 0.25) is 0 Å². The topological polar surface area (TPSA) is 47.6 Å². The van der Waals surface area contributed by atoms with Crippen LogP contribution in [0.25, 0.3) is 0 Å². The SMILES string of the molecule is Cc1cc(N2CCN(C)CC2)ccc1NC(=O)Nc1cccc(Cl)c1. The van der Waals surface area contributed by atoms with Gasteiger partial charge in [-0.2, -0.15) is 0 Å². The monoisotopic (exact) mass is 358 g/mol. The summed E-state index contributed by atoms with van der Waals surface area (Å²) < 4.78 is 0. The molecule has 2 N–H and O–H groups in total. The molecule has 0 bridgehead atoms. The van der Waals surface area contributed by atoms with Crippen molar-refractivity contribution in [3.8, 4) is 0 Å². The fourth-order valence-corrected chi connectivity index (χ4v) is 3.09. The van der Waals surface area contributed by atoms with Gasteiger partial charge < -0.3 is 20.4 Å². The smallest absolute Gasteiger partial charge is 0.323 e. The molecule has 2 aromatic carbocycles. The highest BCUT2D eigenvalue weighted by Gasteiger charge is 2.15. The number of carbonyl (C=O) groups excluding carboxylic acids is 1. The molecule has 5 nitrogen and oxygen atoms in total. The first kappa shape index (κ1) is 17.6. The Morgan fingerprint density at radius 1 is 1.04 bits per heavy atom. The Labute approximate surface area is 153 Å². The molecule has 0 aromatic heterocycles. The summed E-state index contributed by atoms with van der Waals surface area (Å²) in [6.07, 6.45) is 0. The summed E-state index contributed by atoms with van der Waals surface area (Å²) in [5.41, 5.74) is 3.71. The number of aryl methyl sites for hydroxylation is 1. The van der Waals surface area contributed by atoms with Crippen molar-refractivity contribution in [2.24, 2.45) is 0 Å². The Morgan fingerprint density at radius 2 is 1.80 bits per heavy atom. The molecule has 3 rings (SSSR count). The number of rotatable bonds is 3. The summed E-state index contributed by atoms with van der Waals surface area (Å²) in [6.45, 7) is 6.20. The Balaban J connectivity index is 1.63. The van der Waals surface area contributed by atoms with Crippen LogP contribution in [0.3, 0.4) is 0 Å². The van der Waals surface area contributed by atoms with Crippen LogP contribution in [0.2, 0.25) is 5.02 Å². The molecule has 132 valence electrons. The molecule has 2 aromatic rings. The van der Waals surface area contributed by atoms with E-state index in [-0.39, 0.29) is 6.03 Å². The van der Waals surface area contributed by atoms with Gasteiger partial charge in [-0.3, -0.25) is 0 Å². The van der Waals surface area contributed by atoms with Crippen LogP contribution in [0.4, 0.5) is 21.9 Å². The van der Waals surface area contributed by atoms with Crippen molar-refractivity contribution in [1.82, 2.24) is 4.90 Å². The summed E-state index contributed by atoms with van der Waals surface area (Å²) in [5, 5.41) is 6.27. The number of anilines is 3. The summed E-state index contributed by atoms with van der Waals surface area (Å²) in [7, 11) is 2.15. The molecule has 0 atom stereocenters. The number of carbonyl (C=O) groups is 1. The second kappa shape index (κ2) is 7.76. The van der Waals surface area contributed by atoms with Crippen LogP contribution in [-0.2, 0) is 0 Å². The number of halogens is 1. The highest BCUT2D eigenvalue weighted by Crippen LogP contribution is 2.24. The first-order valence-corrected chi connectivity index (χ1v) is 8.77. The third-order valence-corrected chi connectivity index (χ3v) is 4.64. The van der Waals surface area contributed by atoms with Gasteiger partial charge in [-0.1, -0.05) is 17.7 Å². The third-order valence-electron chi connectivity index (χ3n) is 4.41.